The Kier molecular flexibility index (Phi) is 3.83. The molecule has 1 aliphatic rings. The van der Waals surface area contributed by atoms with Crippen LogP contribution in [0.3, 0.4) is 0 Å². The van der Waals surface area contributed by atoms with Crippen LogP contribution in [-0.4, -0.2) is 54.7 Å². The van der Waals surface area contributed by atoms with E-state index >= 15 is 0 Å². The van der Waals surface area contributed by atoms with Crippen LogP contribution in [0.1, 0.15) is 6.42 Å². The summed E-state index contributed by atoms with van der Waals surface area (Å²) in [5, 5.41) is 13.1. The maximum atomic E-state index is 10.1. The number of nitrogens with zero attached hydrogens (tertiary/aromatic N) is 2. The Balaban J connectivity index is 2.04. The van der Waals surface area contributed by atoms with Gasteiger partial charge in [-0.15, -0.1) is 0 Å². The minimum absolute atomic E-state index is 0.321. The van der Waals surface area contributed by atoms with Gasteiger partial charge in [-0.1, -0.05) is 0 Å². The predicted octanol–water partition coefficient (Wildman–Crippen LogP) is 0.0571. The third-order valence-corrected chi connectivity index (χ3v) is 2.76. The van der Waals surface area contributed by atoms with E-state index in [4.69, 9.17) is 14.2 Å². The predicted molar refractivity (Wildman–Crippen MR) is 64.0 cm³/mol. The average molecular weight is 255 g/mol. The summed E-state index contributed by atoms with van der Waals surface area (Å²) in [4.78, 5) is 8.23. The van der Waals surface area contributed by atoms with Crippen LogP contribution >= 0.6 is 0 Å². The van der Waals surface area contributed by atoms with Gasteiger partial charge in [0.15, 0.2) is 0 Å². The number of methoxy groups -OCH3 is 2. The number of nitrogens with one attached hydrogen (secondary N) is 1. The maximum absolute atomic E-state index is 10.1. The third kappa shape index (κ3) is 2.99. The molecule has 1 saturated heterocycles. The smallest absolute Gasteiger partial charge is 0.229 e. The number of anilines is 1. The molecule has 0 amide bonds. The molecule has 1 fully saturated rings. The van der Waals surface area contributed by atoms with Crippen molar-refractivity contribution in [3.05, 3.63) is 6.07 Å². The summed E-state index contributed by atoms with van der Waals surface area (Å²) in [6.07, 6.45) is 0.598. The van der Waals surface area contributed by atoms with Crippen molar-refractivity contribution in [1.82, 2.24) is 9.97 Å². The molecule has 0 aromatic carbocycles. The van der Waals surface area contributed by atoms with E-state index in [-0.39, 0.29) is 0 Å². The van der Waals surface area contributed by atoms with Gasteiger partial charge in [-0.25, -0.2) is 0 Å². The van der Waals surface area contributed by atoms with Gasteiger partial charge in [-0.2, -0.15) is 9.97 Å². The Morgan fingerprint density at radius 1 is 1.39 bits per heavy atom. The molecule has 1 aliphatic heterocycles. The van der Waals surface area contributed by atoms with Crippen molar-refractivity contribution in [3.8, 4) is 11.8 Å². The zero-order valence-electron chi connectivity index (χ0n) is 10.5. The molecule has 7 nitrogen and oxygen atoms in total. The van der Waals surface area contributed by atoms with E-state index in [9.17, 15) is 5.11 Å². The monoisotopic (exact) mass is 255 g/mol. The van der Waals surface area contributed by atoms with Crippen LogP contribution in [0.5, 0.6) is 11.8 Å². The molecule has 2 heterocycles. The molecule has 1 atom stereocenters. The van der Waals surface area contributed by atoms with E-state index in [0.29, 0.717) is 43.9 Å². The number of hydrogen-bond acceptors (Lipinski definition) is 7. The lowest BCUT2D eigenvalue weighted by molar-refractivity contribution is 0.0380. The van der Waals surface area contributed by atoms with Crippen LogP contribution in [0.2, 0.25) is 0 Å². The summed E-state index contributed by atoms with van der Waals surface area (Å²) in [7, 11) is 3.04. The normalized spacial score (nSPS) is 22.8. The van der Waals surface area contributed by atoms with Gasteiger partial charge in [0.2, 0.25) is 17.7 Å². The highest BCUT2D eigenvalue weighted by Gasteiger charge is 2.32. The first-order valence-electron chi connectivity index (χ1n) is 5.66. The molecule has 18 heavy (non-hydrogen) atoms. The average Bonchev–Trinajstić information content (AvgIpc) is 2.83. The summed E-state index contributed by atoms with van der Waals surface area (Å²) < 4.78 is 15.2. The van der Waals surface area contributed by atoms with Crippen molar-refractivity contribution in [1.29, 1.82) is 0 Å². The van der Waals surface area contributed by atoms with Gasteiger partial charge in [-0.05, 0) is 0 Å². The summed E-state index contributed by atoms with van der Waals surface area (Å²) in [6, 6.07) is 1.58. The minimum Gasteiger partial charge on any atom is -0.481 e. The van der Waals surface area contributed by atoms with Gasteiger partial charge in [0.05, 0.1) is 26.9 Å². The lowest BCUT2D eigenvalue weighted by Gasteiger charge is -2.20. The van der Waals surface area contributed by atoms with Crippen LogP contribution < -0.4 is 14.8 Å². The Morgan fingerprint density at radius 3 is 2.56 bits per heavy atom. The number of hydrogen-bond donors (Lipinski definition) is 2. The largest absolute Gasteiger partial charge is 0.481 e. The van der Waals surface area contributed by atoms with E-state index in [1.807, 2.05) is 0 Å². The van der Waals surface area contributed by atoms with Crippen molar-refractivity contribution >= 4 is 5.95 Å². The SMILES string of the molecule is COc1cc(OC)nc(NCC2(O)CCOC2)n1. The van der Waals surface area contributed by atoms with E-state index in [2.05, 4.69) is 15.3 Å². The van der Waals surface area contributed by atoms with E-state index in [1.165, 1.54) is 14.2 Å². The lowest BCUT2D eigenvalue weighted by Crippen LogP contribution is -2.37. The summed E-state index contributed by atoms with van der Waals surface area (Å²) >= 11 is 0. The first kappa shape index (κ1) is 12.8. The lowest BCUT2D eigenvalue weighted by atomic mass is 10.0. The second-order valence-corrected chi connectivity index (χ2v) is 4.16. The van der Waals surface area contributed by atoms with Crippen LogP contribution in [0, 0.1) is 0 Å². The van der Waals surface area contributed by atoms with Crippen LogP contribution in [0.15, 0.2) is 6.07 Å². The number of aliphatic hydroxyl groups is 1. The zero-order valence-corrected chi connectivity index (χ0v) is 10.5. The van der Waals surface area contributed by atoms with Crippen LogP contribution in [0.4, 0.5) is 5.95 Å². The molecule has 100 valence electrons. The molecule has 2 rings (SSSR count). The molecule has 2 N–H and O–H groups in total. The quantitative estimate of drug-likeness (QED) is 0.769. The third-order valence-electron chi connectivity index (χ3n) is 2.76. The van der Waals surface area contributed by atoms with Gasteiger partial charge in [-0.3, -0.25) is 0 Å². The number of rotatable bonds is 5. The van der Waals surface area contributed by atoms with Crippen LogP contribution in [-0.2, 0) is 4.74 Å². The molecule has 0 saturated carbocycles. The standard InChI is InChI=1S/C11H17N3O4/c1-16-8-5-9(17-2)14-10(13-8)12-6-11(15)3-4-18-7-11/h5,15H,3-4,6-7H2,1-2H3,(H,12,13,14). The van der Waals surface area contributed by atoms with Gasteiger partial charge >= 0.3 is 0 Å². The van der Waals surface area contributed by atoms with E-state index in [1.54, 1.807) is 6.07 Å². The second-order valence-electron chi connectivity index (χ2n) is 4.16. The zero-order chi connectivity index (χ0) is 13.0. The van der Waals surface area contributed by atoms with Crippen molar-refractivity contribution in [2.24, 2.45) is 0 Å². The molecule has 0 radical (unpaired) electrons. The van der Waals surface area contributed by atoms with Crippen molar-refractivity contribution in [3.63, 3.8) is 0 Å². The molecule has 1 aromatic rings. The summed E-state index contributed by atoms with van der Waals surface area (Å²) in [5.41, 5.74) is -0.861. The summed E-state index contributed by atoms with van der Waals surface area (Å²) in [5.74, 6) is 1.16. The molecular formula is C11H17N3O4. The van der Waals surface area contributed by atoms with Gasteiger partial charge in [0, 0.05) is 19.6 Å². The van der Waals surface area contributed by atoms with Gasteiger partial charge in [0.1, 0.15) is 5.60 Å². The molecule has 1 aromatic heterocycles. The first-order valence-corrected chi connectivity index (χ1v) is 5.66. The Morgan fingerprint density at radius 2 is 2.06 bits per heavy atom. The van der Waals surface area contributed by atoms with Crippen molar-refractivity contribution in [2.75, 3.05) is 39.3 Å². The van der Waals surface area contributed by atoms with Gasteiger partial charge in [0.25, 0.3) is 0 Å². The molecule has 7 heteroatoms. The van der Waals surface area contributed by atoms with Crippen LogP contribution in [0.25, 0.3) is 0 Å². The highest BCUT2D eigenvalue weighted by Crippen LogP contribution is 2.21. The van der Waals surface area contributed by atoms with Crippen molar-refractivity contribution in [2.45, 2.75) is 12.0 Å². The molecule has 0 spiro atoms. The fourth-order valence-corrected chi connectivity index (χ4v) is 1.67. The molecule has 0 aliphatic carbocycles. The maximum Gasteiger partial charge on any atom is 0.229 e. The fraction of sp³-hybridized carbons (Fsp3) is 0.636. The molecule has 1 unspecified atom stereocenters. The Labute approximate surface area is 105 Å². The highest BCUT2D eigenvalue weighted by atomic mass is 16.5. The fourth-order valence-electron chi connectivity index (χ4n) is 1.67. The molecule has 0 bridgehead atoms. The molecular weight excluding hydrogens is 238 g/mol. The number of aromatic nitrogens is 2. The van der Waals surface area contributed by atoms with Crippen molar-refractivity contribution < 1.29 is 19.3 Å². The topological polar surface area (TPSA) is 85.7 Å². The first-order chi connectivity index (χ1) is 8.65. The Bertz CT molecular complexity index is 385. The van der Waals surface area contributed by atoms with E-state index in [0.717, 1.165) is 0 Å². The highest BCUT2D eigenvalue weighted by molar-refractivity contribution is 5.34. The van der Waals surface area contributed by atoms with Gasteiger partial charge < -0.3 is 24.6 Å². The number of ether oxygens (including phenoxy) is 3. The minimum atomic E-state index is -0.861. The second kappa shape index (κ2) is 5.36. The summed E-state index contributed by atoms with van der Waals surface area (Å²) in [6.45, 7) is 1.21. The van der Waals surface area contributed by atoms with E-state index < -0.39 is 5.60 Å². The Hall–Kier alpha value is -1.60.